The van der Waals surface area contributed by atoms with Crippen molar-refractivity contribution in [2.75, 3.05) is 31.2 Å². The highest BCUT2D eigenvalue weighted by Gasteiger charge is 2.31. The maximum absolute atomic E-state index is 13.0. The van der Waals surface area contributed by atoms with Gasteiger partial charge in [0, 0.05) is 45.1 Å². The van der Waals surface area contributed by atoms with Gasteiger partial charge in [0.05, 0.1) is 5.69 Å². The first-order valence-electron chi connectivity index (χ1n) is 10.6. The van der Waals surface area contributed by atoms with Crippen molar-refractivity contribution < 1.29 is 9.59 Å². The minimum absolute atomic E-state index is 0.00607. The van der Waals surface area contributed by atoms with E-state index >= 15 is 0 Å². The Bertz CT molecular complexity index is 762. The van der Waals surface area contributed by atoms with Gasteiger partial charge < -0.3 is 4.90 Å². The maximum atomic E-state index is 13.0. The lowest BCUT2D eigenvalue weighted by molar-refractivity contribution is -0.126. The van der Waals surface area contributed by atoms with Gasteiger partial charge in [0.15, 0.2) is 0 Å². The molecule has 1 aromatic rings. The molecule has 0 radical (unpaired) electrons. The van der Waals surface area contributed by atoms with Crippen LogP contribution in [0.5, 0.6) is 0 Å². The Labute approximate surface area is 167 Å². The van der Waals surface area contributed by atoms with Gasteiger partial charge in [-0.05, 0) is 37.5 Å². The quantitative estimate of drug-likeness (QED) is 0.808. The van der Waals surface area contributed by atoms with E-state index in [-0.39, 0.29) is 11.8 Å². The molecule has 2 heterocycles. The summed E-state index contributed by atoms with van der Waals surface area (Å²) in [4.78, 5) is 29.9. The van der Waals surface area contributed by atoms with Crippen LogP contribution < -0.4 is 5.01 Å². The molecule has 4 rings (SSSR count). The highest BCUT2D eigenvalue weighted by Crippen LogP contribution is 2.25. The predicted octanol–water partition coefficient (Wildman–Crippen LogP) is 2.95. The minimum atomic E-state index is -0.0516. The van der Waals surface area contributed by atoms with Crippen molar-refractivity contribution in [1.82, 2.24) is 9.80 Å². The van der Waals surface area contributed by atoms with Crippen LogP contribution >= 0.6 is 0 Å². The Morgan fingerprint density at radius 1 is 1.04 bits per heavy atom. The van der Waals surface area contributed by atoms with Crippen LogP contribution in [0, 0.1) is 6.92 Å². The second-order valence-corrected chi connectivity index (χ2v) is 8.21. The average Bonchev–Trinajstić information content (AvgIpc) is 2.74. The number of hydrazone groups is 1. The fourth-order valence-corrected chi connectivity index (χ4v) is 4.59. The number of hydrogen-bond acceptors (Lipinski definition) is 4. The van der Waals surface area contributed by atoms with Gasteiger partial charge >= 0.3 is 0 Å². The monoisotopic (exact) mass is 382 g/mol. The van der Waals surface area contributed by atoms with E-state index in [9.17, 15) is 9.59 Å². The van der Waals surface area contributed by atoms with Crippen molar-refractivity contribution in [3.63, 3.8) is 0 Å². The van der Waals surface area contributed by atoms with E-state index in [4.69, 9.17) is 0 Å². The largest absolute Gasteiger partial charge is 0.335 e. The Balaban J connectivity index is 1.41. The van der Waals surface area contributed by atoms with Crippen molar-refractivity contribution >= 4 is 23.2 Å². The van der Waals surface area contributed by atoms with Crippen molar-refractivity contribution in [2.45, 2.75) is 57.9 Å². The molecule has 0 aromatic heterocycles. The number of piperazine rings is 1. The number of anilines is 1. The molecule has 0 spiro atoms. The lowest BCUT2D eigenvalue weighted by atomic mass is 9.94. The molecule has 0 bridgehead atoms. The number of carbonyl (C=O) groups is 2. The van der Waals surface area contributed by atoms with E-state index in [0.717, 1.165) is 37.4 Å². The van der Waals surface area contributed by atoms with Crippen molar-refractivity contribution in [2.24, 2.45) is 5.10 Å². The predicted molar refractivity (Wildman–Crippen MR) is 110 cm³/mol. The first-order valence-corrected chi connectivity index (χ1v) is 10.6. The van der Waals surface area contributed by atoms with Gasteiger partial charge in [0.25, 0.3) is 5.91 Å². The fraction of sp³-hybridized carbons (Fsp3) is 0.591. The van der Waals surface area contributed by atoms with Crippen molar-refractivity contribution in [1.29, 1.82) is 0 Å². The van der Waals surface area contributed by atoms with Crippen LogP contribution in [-0.4, -0.2) is 59.5 Å². The summed E-state index contributed by atoms with van der Waals surface area (Å²) in [7, 11) is 0. The zero-order valence-electron chi connectivity index (χ0n) is 16.8. The summed E-state index contributed by atoms with van der Waals surface area (Å²) in [6.07, 6.45) is 7.41. The summed E-state index contributed by atoms with van der Waals surface area (Å²) in [5, 5.41) is 5.86. The molecule has 1 saturated carbocycles. The second kappa shape index (κ2) is 8.43. The summed E-state index contributed by atoms with van der Waals surface area (Å²) < 4.78 is 0. The normalized spacial score (nSPS) is 22.3. The molecule has 6 heteroatoms. The van der Waals surface area contributed by atoms with Crippen LogP contribution in [0.1, 0.15) is 50.5 Å². The van der Waals surface area contributed by atoms with Gasteiger partial charge in [0.1, 0.15) is 5.71 Å². The van der Waals surface area contributed by atoms with Crippen LogP contribution in [0.3, 0.4) is 0 Å². The van der Waals surface area contributed by atoms with E-state index in [1.54, 1.807) is 0 Å². The van der Waals surface area contributed by atoms with Crippen LogP contribution in [0.15, 0.2) is 29.4 Å². The molecule has 6 nitrogen and oxygen atoms in total. The molecule has 1 aliphatic carbocycles. The van der Waals surface area contributed by atoms with Gasteiger partial charge in [-0.1, -0.05) is 31.4 Å². The number of aryl methyl sites for hydroxylation is 1. The summed E-state index contributed by atoms with van der Waals surface area (Å²) in [5.74, 6) is -0.0577. The van der Waals surface area contributed by atoms with Gasteiger partial charge in [-0.25, -0.2) is 5.01 Å². The Kier molecular flexibility index (Phi) is 5.76. The number of hydrogen-bond donors (Lipinski definition) is 0. The zero-order valence-corrected chi connectivity index (χ0v) is 16.8. The molecule has 2 aliphatic heterocycles. The van der Waals surface area contributed by atoms with Gasteiger partial charge in [-0.15, -0.1) is 0 Å². The second-order valence-electron chi connectivity index (χ2n) is 8.21. The molecule has 0 N–H and O–H groups in total. The van der Waals surface area contributed by atoms with Gasteiger partial charge in [-0.2, -0.15) is 5.10 Å². The third-order valence-electron chi connectivity index (χ3n) is 6.22. The molecule has 1 aromatic carbocycles. The molecule has 3 aliphatic rings. The van der Waals surface area contributed by atoms with Crippen LogP contribution in [0.25, 0.3) is 0 Å². The number of nitrogens with zero attached hydrogens (tertiary/aromatic N) is 4. The first-order chi connectivity index (χ1) is 13.6. The maximum Gasteiger partial charge on any atom is 0.270 e. The number of rotatable bonds is 3. The fourth-order valence-electron chi connectivity index (χ4n) is 4.59. The summed E-state index contributed by atoms with van der Waals surface area (Å²) >= 11 is 0. The molecule has 150 valence electrons. The third kappa shape index (κ3) is 4.12. The summed E-state index contributed by atoms with van der Waals surface area (Å²) in [5.41, 5.74) is 2.31. The third-order valence-corrected chi connectivity index (χ3v) is 6.22. The molecule has 0 atom stereocenters. The smallest absolute Gasteiger partial charge is 0.270 e. The van der Waals surface area contributed by atoms with E-state index in [1.165, 1.54) is 37.1 Å². The van der Waals surface area contributed by atoms with Gasteiger partial charge in [0.2, 0.25) is 5.91 Å². The topological polar surface area (TPSA) is 56.2 Å². The molecule has 1 saturated heterocycles. The minimum Gasteiger partial charge on any atom is -0.335 e. The molecular weight excluding hydrogens is 352 g/mol. The van der Waals surface area contributed by atoms with Crippen molar-refractivity contribution in [3.8, 4) is 0 Å². The van der Waals surface area contributed by atoms with Crippen molar-refractivity contribution in [3.05, 3.63) is 29.8 Å². The average molecular weight is 383 g/mol. The molecule has 0 unspecified atom stereocenters. The standard InChI is InChI=1S/C22H30N4O2/c1-17-6-5-9-19(16-17)26-21(27)11-10-20(23-26)22(28)25-14-12-24(13-15-25)18-7-3-2-4-8-18/h5-6,9,16,18H,2-4,7-8,10-15H2,1H3. The van der Waals surface area contributed by atoms with Crippen LogP contribution in [0.2, 0.25) is 0 Å². The highest BCUT2D eigenvalue weighted by atomic mass is 16.2. The zero-order chi connectivity index (χ0) is 19.5. The van der Waals surface area contributed by atoms with E-state index in [2.05, 4.69) is 10.0 Å². The molecule has 2 amide bonds. The van der Waals surface area contributed by atoms with Crippen LogP contribution in [0.4, 0.5) is 5.69 Å². The SMILES string of the molecule is Cc1cccc(N2N=C(C(=O)N3CCN(C4CCCCC4)CC3)CCC2=O)c1. The molecule has 2 fully saturated rings. The first kappa shape index (κ1) is 19.1. The molecular formula is C22H30N4O2. The Morgan fingerprint density at radius 2 is 1.79 bits per heavy atom. The number of amides is 2. The number of carbonyl (C=O) groups excluding carboxylic acids is 2. The lowest BCUT2D eigenvalue weighted by Gasteiger charge is -2.41. The van der Waals surface area contributed by atoms with E-state index in [0.29, 0.717) is 24.6 Å². The highest BCUT2D eigenvalue weighted by molar-refractivity contribution is 6.40. The Morgan fingerprint density at radius 3 is 2.50 bits per heavy atom. The number of benzene rings is 1. The van der Waals surface area contributed by atoms with Crippen LogP contribution in [-0.2, 0) is 9.59 Å². The van der Waals surface area contributed by atoms with E-state index < -0.39 is 0 Å². The Hall–Kier alpha value is -2.21. The van der Waals surface area contributed by atoms with Gasteiger partial charge in [-0.3, -0.25) is 14.5 Å². The summed E-state index contributed by atoms with van der Waals surface area (Å²) in [6, 6.07) is 8.39. The van der Waals surface area contributed by atoms with E-state index in [1.807, 2.05) is 36.1 Å². The summed E-state index contributed by atoms with van der Waals surface area (Å²) in [6.45, 7) is 5.40. The molecule has 28 heavy (non-hydrogen) atoms. The lowest BCUT2D eigenvalue weighted by Crippen LogP contribution is -2.54.